The van der Waals surface area contributed by atoms with Crippen LogP contribution < -0.4 is 10.1 Å². The van der Waals surface area contributed by atoms with Crippen LogP contribution in [0, 0.1) is 5.82 Å². The maximum Gasteiger partial charge on any atom is 0.144 e. The Morgan fingerprint density at radius 2 is 1.85 bits per heavy atom. The van der Waals surface area contributed by atoms with Crippen molar-refractivity contribution < 1.29 is 9.13 Å². The molecule has 0 saturated carbocycles. The van der Waals surface area contributed by atoms with E-state index in [-0.39, 0.29) is 11.9 Å². The molecule has 0 spiro atoms. The number of anilines is 1. The van der Waals surface area contributed by atoms with E-state index < -0.39 is 0 Å². The highest BCUT2D eigenvalue weighted by Gasteiger charge is 2.11. The standard InChI is InChI=1S/C15H14Cl2FNO/c1-9(10-3-5-12(16)13(17)7-10)19-14-6-4-11(18)8-15(14)20-2/h3-9,19H,1-2H3. The topological polar surface area (TPSA) is 21.3 Å². The van der Waals surface area contributed by atoms with Gasteiger partial charge >= 0.3 is 0 Å². The summed E-state index contributed by atoms with van der Waals surface area (Å²) in [4.78, 5) is 0. The van der Waals surface area contributed by atoms with Gasteiger partial charge in [-0.25, -0.2) is 4.39 Å². The van der Waals surface area contributed by atoms with Crippen LogP contribution in [0.3, 0.4) is 0 Å². The smallest absolute Gasteiger partial charge is 0.144 e. The molecule has 1 N–H and O–H groups in total. The van der Waals surface area contributed by atoms with Gasteiger partial charge in [-0.05, 0) is 36.8 Å². The fraction of sp³-hybridized carbons (Fsp3) is 0.200. The van der Waals surface area contributed by atoms with Crippen molar-refractivity contribution in [2.24, 2.45) is 0 Å². The molecule has 0 heterocycles. The Balaban J connectivity index is 2.22. The van der Waals surface area contributed by atoms with Gasteiger partial charge < -0.3 is 10.1 Å². The summed E-state index contributed by atoms with van der Waals surface area (Å²) in [5.74, 6) is 0.117. The third-order valence-electron chi connectivity index (χ3n) is 2.98. The average Bonchev–Trinajstić information content (AvgIpc) is 2.43. The summed E-state index contributed by atoms with van der Waals surface area (Å²) < 4.78 is 18.3. The van der Waals surface area contributed by atoms with Crippen LogP contribution in [0.4, 0.5) is 10.1 Å². The zero-order chi connectivity index (χ0) is 14.7. The van der Waals surface area contributed by atoms with Gasteiger partial charge in [0.05, 0.1) is 22.8 Å². The van der Waals surface area contributed by atoms with Crippen LogP contribution >= 0.6 is 23.2 Å². The molecule has 20 heavy (non-hydrogen) atoms. The van der Waals surface area contributed by atoms with Gasteiger partial charge in [0.1, 0.15) is 11.6 Å². The van der Waals surface area contributed by atoms with E-state index in [9.17, 15) is 4.39 Å². The minimum Gasteiger partial charge on any atom is -0.494 e. The van der Waals surface area contributed by atoms with Crippen molar-refractivity contribution in [2.45, 2.75) is 13.0 Å². The molecule has 5 heteroatoms. The molecular weight excluding hydrogens is 300 g/mol. The number of ether oxygens (including phenoxy) is 1. The van der Waals surface area contributed by atoms with Gasteiger partial charge in [0.25, 0.3) is 0 Å². The van der Waals surface area contributed by atoms with E-state index in [1.165, 1.54) is 19.2 Å². The molecule has 0 aromatic heterocycles. The van der Waals surface area contributed by atoms with Crippen molar-refractivity contribution in [2.75, 3.05) is 12.4 Å². The van der Waals surface area contributed by atoms with Crippen LogP contribution in [0.5, 0.6) is 5.75 Å². The molecule has 1 unspecified atom stereocenters. The lowest BCUT2D eigenvalue weighted by Gasteiger charge is -2.18. The number of halogens is 3. The first-order valence-electron chi connectivity index (χ1n) is 6.06. The number of benzene rings is 2. The summed E-state index contributed by atoms with van der Waals surface area (Å²) >= 11 is 11.9. The van der Waals surface area contributed by atoms with E-state index in [0.29, 0.717) is 21.5 Å². The van der Waals surface area contributed by atoms with Gasteiger partial charge in [-0.3, -0.25) is 0 Å². The molecule has 0 aliphatic heterocycles. The third-order valence-corrected chi connectivity index (χ3v) is 3.72. The Bertz CT molecular complexity index is 619. The highest BCUT2D eigenvalue weighted by Crippen LogP contribution is 2.31. The first-order valence-corrected chi connectivity index (χ1v) is 6.82. The van der Waals surface area contributed by atoms with Crippen LogP contribution in [-0.2, 0) is 0 Å². The van der Waals surface area contributed by atoms with E-state index in [1.54, 1.807) is 18.2 Å². The molecule has 0 bridgehead atoms. The third kappa shape index (κ3) is 3.35. The van der Waals surface area contributed by atoms with E-state index in [0.717, 1.165) is 5.56 Å². The van der Waals surface area contributed by atoms with Gasteiger partial charge in [0.2, 0.25) is 0 Å². The van der Waals surface area contributed by atoms with Crippen molar-refractivity contribution in [3.63, 3.8) is 0 Å². The molecule has 2 nitrogen and oxygen atoms in total. The van der Waals surface area contributed by atoms with Gasteiger partial charge in [-0.2, -0.15) is 0 Å². The van der Waals surface area contributed by atoms with Crippen LogP contribution in [0.25, 0.3) is 0 Å². The summed E-state index contributed by atoms with van der Waals surface area (Å²) in [6.07, 6.45) is 0. The van der Waals surface area contributed by atoms with Crippen molar-refractivity contribution >= 4 is 28.9 Å². The number of methoxy groups -OCH3 is 1. The molecule has 0 radical (unpaired) electrons. The molecule has 2 aromatic rings. The van der Waals surface area contributed by atoms with Crippen LogP contribution in [-0.4, -0.2) is 7.11 Å². The molecule has 106 valence electrons. The predicted molar refractivity (Wildman–Crippen MR) is 81.5 cm³/mol. The summed E-state index contributed by atoms with van der Waals surface area (Å²) in [5, 5.41) is 4.28. The second-order valence-electron chi connectivity index (χ2n) is 4.38. The lowest BCUT2D eigenvalue weighted by molar-refractivity contribution is 0.412. The molecule has 1 atom stereocenters. The fourth-order valence-electron chi connectivity index (χ4n) is 1.88. The van der Waals surface area contributed by atoms with Crippen molar-refractivity contribution in [1.29, 1.82) is 0 Å². The van der Waals surface area contributed by atoms with Crippen LogP contribution in [0.15, 0.2) is 36.4 Å². The molecule has 0 amide bonds. The van der Waals surface area contributed by atoms with E-state index in [2.05, 4.69) is 5.32 Å². The Morgan fingerprint density at radius 3 is 2.50 bits per heavy atom. The number of hydrogen-bond acceptors (Lipinski definition) is 2. The summed E-state index contributed by atoms with van der Waals surface area (Å²) in [6, 6.07) is 9.78. The minimum atomic E-state index is -0.338. The maximum atomic E-state index is 13.2. The molecule has 2 rings (SSSR count). The SMILES string of the molecule is COc1cc(F)ccc1NC(C)c1ccc(Cl)c(Cl)c1. The van der Waals surface area contributed by atoms with E-state index in [4.69, 9.17) is 27.9 Å². The first-order chi connectivity index (χ1) is 9.51. The van der Waals surface area contributed by atoms with Crippen molar-refractivity contribution in [3.8, 4) is 5.75 Å². The summed E-state index contributed by atoms with van der Waals surface area (Å²) in [7, 11) is 1.50. The highest BCUT2D eigenvalue weighted by atomic mass is 35.5. The zero-order valence-electron chi connectivity index (χ0n) is 11.1. The molecule has 0 saturated heterocycles. The molecular formula is C15H14Cl2FNO. The van der Waals surface area contributed by atoms with E-state index >= 15 is 0 Å². The van der Waals surface area contributed by atoms with Crippen molar-refractivity contribution in [3.05, 3.63) is 57.8 Å². The number of nitrogens with one attached hydrogen (secondary N) is 1. The first kappa shape index (κ1) is 14.9. The number of hydrogen-bond donors (Lipinski definition) is 1. The zero-order valence-corrected chi connectivity index (χ0v) is 12.6. The quantitative estimate of drug-likeness (QED) is 0.825. The highest BCUT2D eigenvalue weighted by molar-refractivity contribution is 6.42. The Kier molecular flexibility index (Phi) is 4.73. The van der Waals surface area contributed by atoms with E-state index in [1.807, 2.05) is 13.0 Å². The number of rotatable bonds is 4. The molecule has 0 aliphatic rings. The Labute approximate surface area is 127 Å². The Hall–Kier alpha value is -1.45. The monoisotopic (exact) mass is 313 g/mol. The summed E-state index contributed by atoms with van der Waals surface area (Å²) in [6.45, 7) is 1.97. The predicted octanol–water partition coefficient (Wildman–Crippen LogP) is 5.31. The molecule has 0 aliphatic carbocycles. The second kappa shape index (κ2) is 6.33. The molecule has 0 fully saturated rings. The maximum absolute atomic E-state index is 13.2. The summed E-state index contributed by atoms with van der Waals surface area (Å²) in [5.41, 5.74) is 1.69. The lowest BCUT2D eigenvalue weighted by Crippen LogP contribution is -2.07. The largest absolute Gasteiger partial charge is 0.494 e. The fourth-order valence-corrected chi connectivity index (χ4v) is 2.19. The lowest BCUT2D eigenvalue weighted by atomic mass is 10.1. The Morgan fingerprint density at radius 1 is 1.10 bits per heavy atom. The van der Waals surface area contributed by atoms with Gasteiger partial charge in [0, 0.05) is 12.1 Å². The minimum absolute atomic E-state index is 0.0240. The van der Waals surface area contributed by atoms with Crippen LogP contribution in [0.1, 0.15) is 18.5 Å². The van der Waals surface area contributed by atoms with Gasteiger partial charge in [-0.15, -0.1) is 0 Å². The average molecular weight is 314 g/mol. The molecule has 2 aromatic carbocycles. The normalized spacial score (nSPS) is 12.1. The van der Waals surface area contributed by atoms with Gasteiger partial charge in [-0.1, -0.05) is 29.3 Å². The second-order valence-corrected chi connectivity index (χ2v) is 5.20. The van der Waals surface area contributed by atoms with Crippen molar-refractivity contribution in [1.82, 2.24) is 0 Å². The van der Waals surface area contributed by atoms with Crippen LogP contribution in [0.2, 0.25) is 10.0 Å². The van der Waals surface area contributed by atoms with Gasteiger partial charge in [0.15, 0.2) is 0 Å².